The molecule has 1 aromatic carbocycles. The highest BCUT2D eigenvalue weighted by molar-refractivity contribution is 5.42. The van der Waals surface area contributed by atoms with Crippen molar-refractivity contribution in [3.63, 3.8) is 0 Å². The predicted molar refractivity (Wildman–Crippen MR) is 50.6 cm³/mol. The van der Waals surface area contributed by atoms with Crippen LogP contribution < -0.4 is 5.73 Å². The van der Waals surface area contributed by atoms with Gasteiger partial charge in [-0.25, -0.2) is 4.39 Å². The molecule has 0 bridgehead atoms. The SMILES string of the molecule is C=CCc1ccccc1F.NC=O. The van der Waals surface area contributed by atoms with Crippen molar-refractivity contribution in [2.45, 2.75) is 6.42 Å². The molecule has 3 heteroatoms. The average molecular weight is 181 g/mol. The van der Waals surface area contributed by atoms with Crippen molar-refractivity contribution in [3.05, 3.63) is 48.3 Å². The van der Waals surface area contributed by atoms with Crippen molar-refractivity contribution >= 4 is 6.41 Å². The third-order valence-corrected chi connectivity index (χ3v) is 1.32. The topological polar surface area (TPSA) is 43.1 Å². The highest BCUT2D eigenvalue weighted by atomic mass is 19.1. The number of carbonyl (C=O) groups excluding carboxylic acids is 1. The summed E-state index contributed by atoms with van der Waals surface area (Å²) in [5.41, 5.74) is 4.87. The van der Waals surface area contributed by atoms with E-state index in [-0.39, 0.29) is 12.2 Å². The third-order valence-electron chi connectivity index (χ3n) is 1.32. The van der Waals surface area contributed by atoms with Crippen LogP contribution in [0.5, 0.6) is 0 Å². The zero-order chi connectivity index (χ0) is 10.1. The van der Waals surface area contributed by atoms with Gasteiger partial charge in [0.2, 0.25) is 6.41 Å². The van der Waals surface area contributed by atoms with Crippen molar-refractivity contribution in [2.75, 3.05) is 0 Å². The molecule has 2 N–H and O–H groups in total. The van der Waals surface area contributed by atoms with Crippen molar-refractivity contribution in [1.29, 1.82) is 0 Å². The summed E-state index contributed by atoms with van der Waals surface area (Å²) in [4.78, 5) is 8.58. The standard InChI is InChI=1S/C9H9F.CH3NO/c1-2-5-8-6-3-4-7-9(8)10;2-1-3/h2-4,6-7H,1,5H2;1H,(H2,2,3). The Morgan fingerprint density at radius 1 is 1.46 bits per heavy atom. The highest BCUT2D eigenvalue weighted by Crippen LogP contribution is 2.06. The molecular weight excluding hydrogens is 169 g/mol. The zero-order valence-corrected chi connectivity index (χ0v) is 7.24. The minimum Gasteiger partial charge on any atom is -0.372 e. The number of hydrogen-bond acceptors (Lipinski definition) is 1. The molecule has 0 atom stereocenters. The maximum atomic E-state index is 12.7. The molecule has 70 valence electrons. The van der Waals surface area contributed by atoms with Crippen molar-refractivity contribution in [2.24, 2.45) is 5.73 Å². The molecule has 0 unspecified atom stereocenters. The first-order valence-corrected chi connectivity index (χ1v) is 3.76. The van der Waals surface area contributed by atoms with Gasteiger partial charge in [-0.3, -0.25) is 4.79 Å². The lowest BCUT2D eigenvalue weighted by atomic mass is 10.1. The van der Waals surface area contributed by atoms with Crippen LogP contribution in [0.15, 0.2) is 36.9 Å². The average Bonchev–Trinajstić information content (AvgIpc) is 2.11. The highest BCUT2D eigenvalue weighted by Gasteiger charge is 1.95. The fourth-order valence-electron chi connectivity index (χ4n) is 0.819. The molecule has 0 aliphatic rings. The number of benzene rings is 1. The van der Waals surface area contributed by atoms with Gasteiger partial charge in [0.05, 0.1) is 0 Å². The minimum absolute atomic E-state index is 0.151. The van der Waals surface area contributed by atoms with E-state index < -0.39 is 0 Å². The summed E-state index contributed by atoms with van der Waals surface area (Å²) in [5, 5.41) is 0. The molecule has 0 aliphatic heterocycles. The lowest BCUT2D eigenvalue weighted by Crippen LogP contribution is -1.85. The molecule has 0 saturated heterocycles. The Morgan fingerprint density at radius 3 is 2.46 bits per heavy atom. The molecule has 0 spiro atoms. The molecule has 0 heterocycles. The van der Waals surface area contributed by atoms with Crippen LogP contribution in [0.2, 0.25) is 0 Å². The van der Waals surface area contributed by atoms with Crippen LogP contribution in [0.25, 0.3) is 0 Å². The maximum absolute atomic E-state index is 12.7. The number of halogens is 1. The van der Waals surface area contributed by atoms with E-state index in [1.165, 1.54) is 6.07 Å². The number of rotatable bonds is 2. The van der Waals surface area contributed by atoms with Crippen LogP contribution in [-0.2, 0) is 11.2 Å². The second-order valence-corrected chi connectivity index (χ2v) is 2.22. The Bertz CT molecular complexity index is 273. The van der Waals surface area contributed by atoms with Gasteiger partial charge in [-0.2, -0.15) is 0 Å². The number of hydrogen-bond donors (Lipinski definition) is 1. The van der Waals surface area contributed by atoms with E-state index in [0.717, 1.165) is 0 Å². The zero-order valence-electron chi connectivity index (χ0n) is 7.24. The molecule has 13 heavy (non-hydrogen) atoms. The monoisotopic (exact) mass is 181 g/mol. The first-order chi connectivity index (χ1) is 6.26. The van der Waals surface area contributed by atoms with E-state index in [1.807, 2.05) is 6.07 Å². The lowest BCUT2D eigenvalue weighted by molar-refractivity contribution is -0.106. The molecule has 1 aromatic rings. The van der Waals surface area contributed by atoms with Gasteiger partial charge < -0.3 is 5.73 Å². The number of nitrogens with two attached hydrogens (primary N) is 1. The summed E-state index contributed by atoms with van der Waals surface area (Å²) in [7, 11) is 0. The Labute approximate surface area is 76.9 Å². The molecule has 0 saturated carbocycles. The Morgan fingerprint density at radius 2 is 2.00 bits per heavy atom. The first-order valence-electron chi connectivity index (χ1n) is 3.76. The van der Waals surface area contributed by atoms with Crippen LogP contribution in [0.1, 0.15) is 5.56 Å². The summed E-state index contributed by atoms with van der Waals surface area (Å²) in [5.74, 6) is -0.151. The van der Waals surface area contributed by atoms with Gasteiger partial charge in [0.15, 0.2) is 0 Å². The molecule has 0 radical (unpaired) electrons. The van der Waals surface area contributed by atoms with Gasteiger partial charge in [0, 0.05) is 0 Å². The summed E-state index contributed by atoms with van der Waals surface area (Å²) in [6.07, 6.45) is 2.55. The molecule has 2 nitrogen and oxygen atoms in total. The van der Waals surface area contributed by atoms with E-state index in [2.05, 4.69) is 12.3 Å². The summed E-state index contributed by atoms with van der Waals surface area (Å²) in [6, 6.07) is 6.72. The Kier molecular flexibility index (Phi) is 6.15. The fraction of sp³-hybridized carbons (Fsp3) is 0.100. The Hall–Kier alpha value is -1.64. The number of allylic oxidation sites excluding steroid dienone is 1. The predicted octanol–water partition coefficient (Wildman–Crippen LogP) is 1.66. The molecular formula is C10H12FNO. The van der Waals surface area contributed by atoms with Gasteiger partial charge in [-0.15, -0.1) is 6.58 Å². The van der Waals surface area contributed by atoms with Gasteiger partial charge in [-0.1, -0.05) is 24.3 Å². The largest absolute Gasteiger partial charge is 0.372 e. The first kappa shape index (κ1) is 11.4. The summed E-state index contributed by atoms with van der Waals surface area (Å²) < 4.78 is 12.7. The fourth-order valence-corrected chi connectivity index (χ4v) is 0.819. The van der Waals surface area contributed by atoms with Crippen LogP contribution in [0.3, 0.4) is 0 Å². The molecule has 1 amide bonds. The quantitative estimate of drug-likeness (QED) is 0.547. The van der Waals surface area contributed by atoms with Crippen molar-refractivity contribution in [1.82, 2.24) is 0 Å². The van der Waals surface area contributed by atoms with Gasteiger partial charge in [0.1, 0.15) is 5.82 Å². The maximum Gasteiger partial charge on any atom is 0.204 e. The second-order valence-electron chi connectivity index (χ2n) is 2.22. The van der Waals surface area contributed by atoms with Crippen molar-refractivity contribution in [3.8, 4) is 0 Å². The van der Waals surface area contributed by atoms with Crippen LogP contribution in [0, 0.1) is 5.82 Å². The second kappa shape index (κ2) is 7.03. The Balaban J connectivity index is 0.000000424. The minimum atomic E-state index is -0.151. The number of primary amides is 1. The molecule has 0 aromatic heterocycles. The van der Waals surface area contributed by atoms with Gasteiger partial charge >= 0.3 is 0 Å². The third kappa shape index (κ3) is 4.74. The van der Waals surface area contributed by atoms with Crippen molar-refractivity contribution < 1.29 is 9.18 Å². The lowest BCUT2D eigenvalue weighted by Gasteiger charge is -1.95. The molecule has 0 fully saturated rings. The van der Waals surface area contributed by atoms with Gasteiger partial charge in [0.25, 0.3) is 0 Å². The van der Waals surface area contributed by atoms with E-state index in [4.69, 9.17) is 4.79 Å². The molecule has 1 rings (SSSR count). The van der Waals surface area contributed by atoms with E-state index in [1.54, 1.807) is 18.2 Å². The van der Waals surface area contributed by atoms with Gasteiger partial charge in [-0.05, 0) is 18.1 Å². The smallest absolute Gasteiger partial charge is 0.204 e. The number of carbonyl (C=O) groups is 1. The normalized spacial score (nSPS) is 8.08. The van der Waals surface area contributed by atoms with Crippen LogP contribution >= 0.6 is 0 Å². The summed E-state index contributed by atoms with van der Waals surface area (Å²) >= 11 is 0. The summed E-state index contributed by atoms with van der Waals surface area (Å²) in [6.45, 7) is 3.53. The van der Waals surface area contributed by atoms with Crippen LogP contribution in [0.4, 0.5) is 4.39 Å². The number of amides is 1. The van der Waals surface area contributed by atoms with E-state index >= 15 is 0 Å². The molecule has 0 aliphatic carbocycles. The van der Waals surface area contributed by atoms with Crippen LogP contribution in [-0.4, -0.2) is 6.41 Å². The van der Waals surface area contributed by atoms with E-state index in [9.17, 15) is 4.39 Å². The van der Waals surface area contributed by atoms with E-state index in [0.29, 0.717) is 12.0 Å².